The first-order chi connectivity index (χ1) is 16.7. The lowest BCUT2D eigenvalue weighted by Gasteiger charge is -2.32. The molecule has 0 radical (unpaired) electrons. The van der Waals surface area contributed by atoms with Crippen LogP contribution in [0.5, 0.6) is 0 Å². The van der Waals surface area contributed by atoms with Gasteiger partial charge in [-0.3, -0.25) is 4.79 Å². The van der Waals surface area contributed by atoms with Crippen molar-refractivity contribution in [1.82, 2.24) is 9.88 Å². The first kappa shape index (κ1) is 26.4. The van der Waals surface area contributed by atoms with Gasteiger partial charge in [-0.25, -0.2) is 9.78 Å². The molecule has 3 heterocycles. The third kappa shape index (κ3) is 5.38. The maximum atomic E-state index is 13.0. The molecule has 2 amide bonds. The number of nitrogens with zero attached hydrogens (tertiary/aromatic N) is 2. The van der Waals surface area contributed by atoms with Gasteiger partial charge >= 0.3 is 13.2 Å². The highest BCUT2D eigenvalue weighted by Crippen LogP contribution is 2.37. The first-order valence-electron chi connectivity index (χ1n) is 12.1. The van der Waals surface area contributed by atoms with E-state index in [-0.39, 0.29) is 17.7 Å². The molecule has 0 atom stereocenters. The number of hydrogen-bond donors (Lipinski definition) is 1. The molecule has 4 rings (SSSR count). The second-order valence-electron chi connectivity index (χ2n) is 11.2. The van der Waals surface area contributed by atoms with Crippen LogP contribution >= 0.6 is 11.6 Å². The van der Waals surface area contributed by atoms with Crippen LogP contribution in [-0.2, 0) is 27.0 Å². The van der Waals surface area contributed by atoms with Crippen molar-refractivity contribution in [3.05, 3.63) is 52.3 Å². The van der Waals surface area contributed by atoms with Crippen molar-refractivity contribution < 1.29 is 23.6 Å². The van der Waals surface area contributed by atoms with Crippen LogP contribution in [0, 0.1) is 0 Å². The molecule has 0 aliphatic carbocycles. The van der Waals surface area contributed by atoms with Gasteiger partial charge in [-0.2, -0.15) is 0 Å². The van der Waals surface area contributed by atoms with E-state index in [4.69, 9.17) is 25.6 Å². The minimum atomic E-state index is -0.644. The predicted molar refractivity (Wildman–Crippen MR) is 140 cm³/mol. The minimum absolute atomic E-state index is 0.275. The van der Waals surface area contributed by atoms with Crippen LogP contribution in [0.15, 0.2) is 30.3 Å². The number of benzene rings is 1. The maximum absolute atomic E-state index is 13.0. The van der Waals surface area contributed by atoms with Gasteiger partial charge in [0.05, 0.1) is 28.5 Å². The highest BCUT2D eigenvalue weighted by Gasteiger charge is 2.52. The third-order valence-corrected chi connectivity index (χ3v) is 7.14. The average molecular weight is 514 g/mol. The Labute approximate surface area is 217 Å². The number of anilines is 1. The van der Waals surface area contributed by atoms with Crippen LogP contribution in [0.1, 0.15) is 70.2 Å². The fourth-order valence-electron chi connectivity index (χ4n) is 4.01. The zero-order valence-corrected chi connectivity index (χ0v) is 22.7. The molecule has 1 N–H and O–H groups in total. The SMILES string of the molecule is CC(C)(C)OC(=O)N1CCc2nc(C(=O)Nc3cccc(B4OC(C)(C)C(C)(C)O4)c3Cl)ccc2C1. The van der Waals surface area contributed by atoms with E-state index in [0.29, 0.717) is 35.7 Å². The smallest absolute Gasteiger partial charge is 0.444 e. The molecule has 10 heteroatoms. The number of carbonyl (C=O) groups excluding carboxylic acids is 2. The molecular weight excluding hydrogens is 481 g/mol. The number of pyridine rings is 1. The van der Waals surface area contributed by atoms with Crippen molar-refractivity contribution in [2.24, 2.45) is 0 Å². The summed E-state index contributed by atoms with van der Waals surface area (Å²) in [6.07, 6.45) is 0.180. The zero-order valence-electron chi connectivity index (χ0n) is 21.9. The Morgan fingerprint density at radius 1 is 1.11 bits per heavy atom. The summed E-state index contributed by atoms with van der Waals surface area (Å²) in [7, 11) is -0.644. The third-order valence-electron chi connectivity index (χ3n) is 6.72. The molecule has 192 valence electrons. The molecular formula is C26H33BClN3O5. The molecule has 0 saturated carbocycles. The highest BCUT2D eigenvalue weighted by atomic mass is 35.5. The van der Waals surface area contributed by atoms with E-state index in [1.807, 2.05) is 60.6 Å². The van der Waals surface area contributed by atoms with Crippen molar-refractivity contribution in [3.63, 3.8) is 0 Å². The zero-order chi connectivity index (χ0) is 26.5. The monoisotopic (exact) mass is 513 g/mol. The number of aromatic nitrogens is 1. The number of fused-ring (bicyclic) bond motifs is 1. The van der Waals surface area contributed by atoms with Gasteiger partial charge in [0.15, 0.2) is 0 Å². The van der Waals surface area contributed by atoms with Crippen LogP contribution in [0.3, 0.4) is 0 Å². The lowest BCUT2D eigenvalue weighted by Crippen LogP contribution is -2.41. The van der Waals surface area contributed by atoms with Gasteiger partial charge < -0.3 is 24.3 Å². The Morgan fingerprint density at radius 2 is 1.78 bits per heavy atom. The fourth-order valence-corrected chi connectivity index (χ4v) is 4.27. The van der Waals surface area contributed by atoms with Crippen LogP contribution < -0.4 is 10.8 Å². The summed E-state index contributed by atoms with van der Waals surface area (Å²) in [5.41, 5.74) is 1.48. The summed E-state index contributed by atoms with van der Waals surface area (Å²) in [6, 6.07) is 8.84. The van der Waals surface area contributed by atoms with Crippen molar-refractivity contribution in [3.8, 4) is 0 Å². The molecule has 0 unspecified atom stereocenters. The summed E-state index contributed by atoms with van der Waals surface area (Å²) in [4.78, 5) is 31.7. The number of rotatable bonds is 3. The number of nitrogens with one attached hydrogen (secondary N) is 1. The molecule has 36 heavy (non-hydrogen) atoms. The van der Waals surface area contributed by atoms with Crippen molar-refractivity contribution in [1.29, 1.82) is 0 Å². The van der Waals surface area contributed by atoms with Gasteiger partial charge in [-0.05, 0) is 66.2 Å². The quantitative estimate of drug-likeness (QED) is 0.604. The van der Waals surface area contributed by atoms with E-state index >= 15 is 0 Å². The van der Waals surface area contributed by atoms with Crippen molar-refractivity contribution in [2.75, 3.05) is 11.9 Å². The maximum Gasteiger partial charge on any atom is 0.496 e. The molecule has 2 aliphatic heterocycles. The van der Waals surface area contributed by atoms with Crippen molar-refractivity contribution in [2.45, 2.75) is 78.2 Å². The van der Waals surface area contributed by atoms with Gasteiger partial charge in [0, 0.05) is 24.1 Å². The standard InChI is InChI=1S/C26H33BClN3O5/c1-24(2,3)34-23(33)31-14-13-18-16(15-31)11-12-20(29-18)22(32)30-19-10-8-9-17(21(19)28)27-35-25(4,5)26(6,7)36-27/h8-12H,13-15H2,1-7H3,(H,30,32). The summed E-state index contributed by atoms with van der Waals surface area (Å²) < 4.78 is 17.7. The number of hydrogen-bond acceptors (Lipinski definition) is 6. The molecule has 2 aliphatic rings. The Kier molecular flexibility index (Phi) is 6.88. The van der Waals surface area contributed by atoms with Gasteiger partial charge in [-0.1, -0.05) is 29.8 Å². The molecule has 1 fully saturated rings. The molecule has 0 bridgehead atoms. The van der Waals surface area contributed by atoms with E-state index in [2.05, 4.69) is 10.3 Å². The van der Waals surface area contributed by atoms with E-state index in [1.54, 1.807) is 23.1 Å². The van der Waals surface area contributed by atoms with Crippen LogP contribution in [0.25, 0.3) is 0 Å². The van der Waals surface area contributed by atoms with Crippen LogP contribution in [0.4, 0.5) is 10.5 Å². The second-order valence-corrected chi connectivity index (χ2v) is 11.6. The van der Waals surface area contributed by atoms with E-state index in [0.717, 1.165) is 11.3 Å². The normalized spacial score (nSPS) is 18.6. The molecule has 2 aromatic rings. The average Bonchev–Trinajstić information content (AvgIpc) is 2.99. The number of amides is 2. The summed E-state index contributed by atoms with van der Waals surface area (Å²) >= 11 is 6.67. The lowest BCUT2D eigenvalue weighted by atomic mass is 9.79. The Hall–Kier alpha value is -2.62. The Morgan fingerprint density at radius 3 is 2.42 bits per heavy atom. The first-order valence-corrected chi connectivity index (χ1v) is 12.5. The topological polar surface area (TPSA) is 90.0 Å². The largest absolute Gasteiger partial charge is 0.496 e. The Balaban J connectivity index is 1.47. The lowest BCUT2D eigenvalue weighted by molar-refractivity contribution is 0.00578. The van der Waals surface area contributed by atoms with Gasteiger partial charge in [0.2, 0.25) is 0 Å². The minimum Gasteiger partial charge on any atom is -0.444 e. The summed E-state index contributed by atoms with van der Waals surface area (Å²) in [5, 5.41) is 3.22. The fraction of sp³-hybridized carbons (Fsp3) is 0.500. The van der Waals surface area contributed by atoms with Crippen LogP contribution in [0.2, 0.25) is 5.02 Å². The van der Waals surface area contributed by atoms with Crippen molar-refractivity contribution >= 4 is 41.9 Å². The predicted octanol–water partition coefficient (Wildman–Crippen LogP) is 4.58. The summed E-state index contributed by atoms with van der Waals surface area (Å²) in [6.45, 7) is 14.3. The number of carbonyl (C=O) groups is 2. The van der Waals surface area contributed by atoms with Gasteiger partial charge in [0.25, 0.3) is 5.91 Å². The van der Waals surface area contributed by atoms with E-state index in [9.17, 15) is 9.59 Å². The number of ether oxygens (including phenoxy) is 1. The second kappa shape index (κ2) is 9.36. The molecule has 1 aromatic carbocycles. The van der Waals surface area contributed by atoms with Crippen LogP contribution in [-0.4, -0.2) is 52.4 Å². The highest BCUT2D eigenvalue weighted by molar-refractivity contribution is 6.66. The molecule has 8 nitrogen and oxygen atoms in total. The molecule has 1 saturated heterocycles. The van der Waals surface area contributed by atoms with E-state index < -0.39 is 23.9 Å². The Bertz CT molecular complexity index is 1180. The summed E-state index contributed by atoms with van der Waals surface area (Å²) in [5.74, 6) is -0.375. The van der Waals surface area contributed by atoms with Gasteiger partial charge in [0.1, 0.15) is 11.3 Å². The molecule has 1 aromatic heterocycles. The number of halogens is 1. The van der Waals surface area contributed by atoms with E-state index in [1.165, 1.54) is 0 Å². The molecule has 0 spiro atoms. The van der Waals surface area contributed by atoms with Gasteiger partial charge in [-0.15, -0.1) is 0 Å².